The molecule has 0 spiro atoms. The van der Waals surface area contributed by atoms with E-state index in [-0.39, 0.29) is 23.2 Å². The lowest BCUT2D eigenvalue weighted by Crippen LogP contribution is -2.25. The number of hydrogen-bond acceptors (Lipinski definition) is 6. The van der Waals surface area contributed by atoms with Gasteiger partial charge in [0.2, 0.25) is 17.3 Å². The Morgan fingerprint density at radius 3 is 3.04 bits per heavy atom. The van der Waals surface area contributed by atoms with E-state index >= 15 is 0 Å². The fourth-order valence-corrected chi connectivity index (χ4v) is 4.07. The highest BCUT2D eigenvalue weighted by Gasteiger charge is 2.85. The van der Waals surface area contributed by atoms with Gasteiger partial charge < -0.3 is 13.8 Å². The molecule has 0 aromatic carbocycles. The Hall–Kier alpha value is -1.61. The normalized spacial score (nSPS) is 28.6. The van der Waals surface area contributed by atoms with E-state index in [2.05, 4.69) is 10.1 Å². The summed E-state index contributed by atoms with van der Waals surface area (Å²) >= 11 is 1.12. The molecule has 0 bridgehead atoms. The summed E-state index contributed by atoms with van der Waals surface area (Å²) in [5.74, 6) is -3.64. The molecule has 0 radical (unpaired) electrons. The summed E-state index contributed by atoms with van der Waals surface area (Å²) < 4.78 is 40.2. The Kier molecular flexibility index (Phi) is 3.21. The molecular formula is C14H15F2N3O3S. The molecule has 2 atom stereocenters. The molecule has 2 aromatic heterocycles. The lowest BCUT2D eigenvalue weighted by atomic mass is 10.1. The van der Waals surface area contributed by atoms with Crippen molar-refractivity contribution in [1.29, 1.82) is 0 Å². The molecule has 1 saturated heterocycles. The van der Waals surface area contributed by atoms with E-state index in [1.807, 2.05) is 6.92 Å². The molecule has 2 unspecified atom stereocenters. The highest BCUT2D eigenvalue weighted by atomic mass is 32.1. The van der Waals surface area contributed by atoms with Gasteiger partial charge in [-0.2, -0.15) is 4.98 Å². The number of halogens is 2. The van der Waals surface area contributed by atoms with Crippen molar-refractivity contribution in [2.24, 2.45) is 5.92 Å². The zero-order valence-electron chi connectivity index (χ0n) is 12.4. The Morgan fingerprint density at radius 1 is 1.52 bits per heavy atom. The van der Waals surface area contributed by atoms with E-state index in [9.17, 15) is 13.6 Å². The van der Waals surface area contributed by atoms with E-state index in [1.165, 1.54) is 0 Å². The van der Waals surface area contributed by atoms with Gasteiger partial charge in [-0.3, -0.25) is 4.79 Å². The monoisotopic (exact) mass is 343 g/mol. The number of aromatic nitrogens is 3. The zero-order valence-corrected chi connectivity index (χ0v) is 13.2. The molecular weight excluding hydrogens is 328 g/mol. The highest BCUT2D eigenvalue weighted by molar-refractivity contribution is 7.07. The van der Waals surface area contributed by atoms with Gasteiger partial charge in [-0.25, -0.2) is 8.78 Å². The molecule has 3 heterocycles. The van der Waals surface area contributed by atoms with Gasteiger partial charge in [-0.15, -0.1) is 0 Å². The molecule has 1 saturated carbocycles. The SMILES string of the molecule is Cc1csc(=O)n1CCc1nc(C23OCCCC2C3(F)F)no1. The zero-order chi connectivity index (χ0) is 16.2. The van der Waals surface area contributed by atoms with Crippen LogP contribution in [0.1, 0.15) is 30.3 Å². The number of aryl methyl sites for hydroxylation is 2. The van der Waals surface area contributed by atoms with Crippen LogP contribution in [0.5, 0.6) is 0 Å². The third-order valence-corrected chi connectivity index (χ3v) is 5.51. The second kappa shape index (κ2) is 4.94. The summed E-state index contributed by atoms with van der Waals surface area (Å²) in [6, 6.07) is 0. The van der Waals surface area contributed by atoms with E-state index in [0.29, 0.717) is 25.8 Å². The first-order chi connectivity index (χ1) is 11.0. The summed E-state index contributed by atoms with van der Waals surface area (Å²) in [5.41, 5.74) is -0.856. The van der Waals surface area contributed by atoms with Crippen LogP contribution in [0.4, 0.5) is 8.78 Å². The van der Waals surface area contributed by atoms with Crippen LogP contribution in [0.15, 0.2) is 14.7 Å². The van der Waals surface area contributed by atoms with Crippen LogP contribution >= 0.6 is 11.3 Å². The van der Waals surface area contributed by atoms with Crippen LogP contribution in [-0.4, -0.2) is 27.2 Å². The van der Waals surface area contributed by atoms with Crippen LogP contribution in [0.3, 0.4) is 0 Å². The number of rotatable bonds is 4. The van der Waals surface area contributed by atoms with E-state index < -0.39 is 17.4 Å². The molecule has 2 fully saturated rings. The predicted molar refractivity (Wildman–Crippen MR) is 76.6 cm³/mol. The standard InChI is InChI=1S/C14H15F2N3O3S/c1-8-7-23-12(20)19(8)5-4-10-17-11(18-22-10)13-9(14(13,15)16)3-2-6-21-13/h7,9H,2-6H2,1H3. The van der Waals surface area contributed by atoms with E-state index in [4.69, 9.17) is 9.26 Å². The Balaban J connectivity index is 1.53. The average Bonchev–Trinajstić information content (AvgIpc) is 2.91. The minimum absolute atomic E-state index is 0.0646. The molecule has 0 amide bonds. The number of alkyl halides is 2. The Morgan fingerprint density at radius 2 is 2.35 bits per heavy atom. The van der Waals surface area contributed by atoms with Crippen LogP contribution in [0, 0.1) is 12.8 Å². The maximum Gasteiger partial charge on any atom is 0.307 e. The number of thiazole rings is 1. The van der Waals surface area contributed by atoms with Gasteiger partial charge in [0, 0.05) is 30.6 Å². The summed E-state index contributed by atoms with van der Waals surface area (Å²) in [6.07, 6.45) is 1.34. The van der Waals surface area contributed by atoms with Crippen molar-refractivity contribution in [3.63, 3.8) is 0 Å². The van der Waals surface area contributed by atoms with Gasteiger partial charge in [-0.1, -0.05) is 16.5 Å². The first-order valence-electron chi connectivity index (χ1n) is 7.46. The van der Waals surface area contributed by atoms with Crippen LogP contribution < -0.4 is 4.87 Å². The first-order valence-corrected chi connectivity index (χ1v) is 8.34. The molecule has 124 valence electrons. The van der Waals surface area contributed by atoms with Crippen molar-refractivity contribution in [2.45, 2.75) is 44.3 Å². The van der Waals surface area contributed by atoms with Crippen molar-refractivity contribution >= 4 is 11.3 Å². The lowest BCUT2D eigenvalue weighted by molar-refractivity contribution is -0.0704. The van der Waals surface area contributed by atoms with Gasteiger partial charge in [0.15, 0.2) is 0 Å². The van der Waals surface area contributed by atoms with Crippen molar-refractivity contribution in [1.82, 2.24) is 14.7 Å². The quantitative estimate of drug-likeness (QED) is 0.850. The van der Waals surface area contributed by atoms with Crippen molar-refractivity contribution in [3.8, 4) is 0 Å². The van der Waals surface area contributed by atoms with Crippen LogP contribution in [0.25, 0.3) is 0 Å². The Bertz CT molecular complexity index is 799. The summed E-state index contributed by atoms with van der Waals surface area (Å²) in [6.45, 7) is 2.49. The second-order valence-corrected chi connectivity index (χ2v) is 6.78. The molecule has 1 aliphatic heterocycles. The molecule has 23 heavy (non-hydrogen) atoms. The van der Waals surface area contributed by atoms with Gasteiger partial charge in [0.1, 0.15) is 0 Å². The van der Waals surface area contributed by atoms with Crippen LogP contribution in [-0.2, 0) is 23.3 Å². The van der Waals surface area contributed by atoms with Crippen molar-refractivity contribution in [3.05, 3.63) is 32.5 Å². The molecule has 6 nitrogen and oxygen atoms in total. The molecule has 2 aromatic rings. The Labute approximate surface area is 134 Å². The van der Waals surface area contributed by atoms with Gasteiger partial charge in [0.25, 0.3) is 5.92 Å². The van der Waals surface area contributed by atoms with Crippen molar-refractivity contribution < 1.29 is 18.0 Å². The molecule has 4 rings (SSSR count). The number of ether oxygens (including phenoxy) is 1. The smallest absolute Gasteiger partial charge is 0.307 e. The van der Waals surface area contributed by atoms with E-state index in [1.54, 1.807) is 9.95 Å². The molecule has 0 N–H and O–H groups in total. The third-order valence-electron chi connectivity index (χ3n) is 4.63. The number of nitrogens with zero attached hydrogens (tertiary/aromatic N) is 3. The minimum atomic E-state index is -2.94. The first kappa shape index (κ1) is 14.9. The highest BCUT2D eigenvalue weighted by Crippen LogP contribution is 2.69. The fourth-order valence-electron chi connectivity index (χ4n) is 3.31. The lowest BCUT2D eigenvalue weighted by Gasteiger charge is -2.17. The second-order valence-electron chi connectivity index (χ2n) is 5.96. The van der Waals surface area contributed by atoms with Crippen LogP contribution in [0.2, 0.25) is 0 Å². The summed E-state index contributed by atoms with van der Waals surface area (Å²) in [5, 5.41) is 5.49. The molecule has 2 aliphatic rings. The largest absolute Gasteiger partial charge is 0.360 e. The molecule has 1 aliphatic carbocycles. The predicted octanol–water partition coefficient (Wildman–Crippen LogP) is 2.11. The number of hydrogen-bond donors (Lipinski definition) is 0. The maximum absolute atomic E-state index is 14.1. The van der Waals surface area contributed by atoms with Gasteiger partial charge >= 0.3 is 4.87 Å². The maximum atomic E-state index is 14.1. The third kappa shape index (κ3) is 2.02. The summed E-state index contributed by atoms with van der Waals surface area (Å²) in [7, 11) is 0. The van der Waals surface area contributed by atoms with Crippen molar-refractivity contribution in [2.75, 3.05) is 6.61 Å². The topological polar surface area (TPSA) is 70.2 Å². The molecule has 9 heteroatoms. The minimum Gasteiger partial charge on any atom is -0.360 e. The fraction of sp³-hybridized carbons (Fsp3) is 0.643. The van der Waals surface area contributed by atoms with E-state index in [0.717, 1.165) is 17.0 Å². The van der Waals surface area contributed by atoms with Gasteiger partial charge in [0.05, 0.1) is 5.92 Å². The van der Waals surface area contributed by atoms with Gasteiger partial charge in [-0.05, 0) is 19.8 Å². The number of fused-ring (bicyclic) bond motifs is 1. The summed E-state index contributed by atoms with van der Waals surface area (Å²) in [4.78, 5) is 15.7. The average molecular weight is 343 g/mol.